The largest absolute Gasteiger partial charge is 0.481 e. The Balaban J connectivity index is 2.14. The van der Waals surface area contributed by atoms with Crippen molar-refractivity contribution in [2.24, 2.45) is 5.92 Å². The van der Waals surface area contributed by atoms with Gasteiger partial charge in [-0.1, -0.05) is 6.42 Å². The molecule has 1 aliphatic carbocycles. The molecule has 0 aliphatic heterocycles. The van der Waals surface area contributed by atoms with Gasteiger partial charge in [-0.25, -0.2) is 4.79 Å². The van der Waals surface area contributed by atoms with Gasteiger partial charge in [-0.3, -0.25) is 4.79 Å². The molecule has 0 spiro atoms. The van der Waals surface area contributed by atoms with E-state index in [1.54, 1.807) is 6.92 Å². The van der Waals surface area contributed by atoms with E-state index in [-0.39, 0.29) is 19.0 Å². The SMILES string of the molecule is CCOC(CNC(=O)NCC1CCC1)CC(=O)O. The summed E-state index contributed by atoms with van der Waals surface area (Å²) in [6.07, 6.45) is 3.04. The van der Waals surface area contributed by atoms with Gasteiger partial charge in [-0.05, 0) is 25.7 Å². The fourth-order valence-electron chi connectivity index (χ4n) is 1.82. The van der Waals surface area contributed by atoms with E-state index in [0.29, 0.717) is 19.1 Å². The lowest BCUT2D eigenvalue weighted by Crippen LogP contribution is -2.43. The van der Waals surface area contributed by atoms with Gasteiger partial charge in [0, 0.05) is 19.7 Å². The molecule has 0 heterocycles. The first kappa shape index (κ1) is 14.8. The molecule has 1 fully saturated rings. The van der Waals surface area contributed by atoms with Gasteiger partial charge in [0.05, 0.1) is 12.5 Å². The highest BCUT2D eigenvalue weighted by Gasteiger charge is 2.18. The van der Waals surface area contributed by atoms with Crippen molar-refractivity contribution in [1.82, 2.24) is 10.6 Å². The van der Waals surface area contributed by atoms with Crippen LogP contribution in [0.5, 0.6) is 0 Å². The lowest BCUT2D eigenvalue weighted by molar-refractivity contribution is -0.140. The van der Waals surface area contributed by atoms with Crippen molar-refractivity contribution in [1.29, 1.82) is 0 Å². The van der Waals surface area contributed by atoms with Crippen molar-refractivity contribution < 1.29 is 19.4 Å². The van der Waals surface area contributed by atoms with Crippen LogP contribution < -0.4 is 10.6 Å². The number of urea groups is 1. The lowest BCUT2D eigenvalue weighted by Gasteiger charge is -2.25. The zero-order chi connectivity index (χ0) is 13.4. The monoisotopic (exact) mass is 258 g/mol. The molecule has 0 saturated heterocycles. The van der Waals surface area contributed by atoms with Crippen LogP contribution in [0.1, 0.15) is 32.6 Å². The first-order valence-electron chi connectivity index (χ1n) is 6.47. The molecular weight excluding hydrogens is 236 g/mol. The van der Waals surface area contributed by atoms with Crippen LogP contribution in [0, 0.1) is 5.92 Å². The molecule has 3 N–H and O–H groups in total. The maximum Gasteiger partial charge on any atom is 0.314 e. The third-order valence-corrected chi connectivity index (χ3v) is 3.07. The number of nitrogens with one attached hydrogen (secondary N) is 2. The molecule has 2 amide bonds. The normalized spacial score (nSPS) is 16.7. The third-order valence-electron chi connectivity index (χ3n) is 3.07. The molecule has 104 valence electrons. The summed E-state index contributed by atoms with van der Waals surface area (Å²) in [6, 6.07) is -0.253. The van der Waals surface area contributed by atoms with Crippen molar-refractivity contribution in [3.8, 4) is 0 Å². The smallest absolute Gasteiger partial charge is 0.314 e. The van der Waals surface area contributed by atoms with Crippen LogP contribution in [0.3, 0.4) is 0 Å². The predicted molar refractivity (Wildman–Crippen MR) is 66.4 cm³/mol. The summed E-state index contributed by atoms with van der Waals surface area (Å²) >= 11 is 0. The Kier molecular flexibility index (Phi) is 6.49. The van der Waals surface area contributed by atoms with Gasteiger partial charge in [0.15, 0.2) is 0 Å². The Morgan fingerprint density at radius 1 is 1.39 bits per heavy atom. The van der Waals surface area contributed by atoms with Crippen molar-refractivity contribution in [3.63, 3.8) is 0 Å². The number of aliphatic carboxylic acids is 1. The lowest BCUT2D eigenvalue weighted by atomic mass is 9.85. The van der Waals surface area contributed by atoms with Crippen LogP contribution in [-0.4, -0.2) is 42.9 Å². The fourth-order valence-corrected chi connectivity index (χ4v) is 1.82. The summed E-state index contributed by atoms with van der Waals surface area (Å²) in [7, 11) is 0. The zero-order valence-electron chi connectivity index (χ0n) is 10.8. The second kappa shape index (κ2) is 7.92. The summed E-state index contributed by atoms with van der Waals surface area (Å²) in [6.45, 7) is 3.15. The van der Waals surface area contributed by atoms with E-state index in [1.165, 1.54) is 19.3 Å². The highest BCUT2D eigenvalue weighted by molar-refractivity contribution is 5.74. The van der Waals surface area contributed by atoms with E-state index in [9.17, 15) is 9.59 Å². The van der Waals surface area contributed by atoms with E-state index in [2.05, 4.69) is 10.6 Å². The van der Waals surface area contributed by atoms with E-state index < -0.39 is 12.1 Å². The van der Waals surface area contributed by atoms with Crippen LogP contribution in [0.2, 0.25) is 0 Å². The molecule has 0 bridgehead atoms. The summed E-state index contributed by atoms with van der Waals surface area (Å²) in [5.41, 5.74) is 0. The minimum absolute atomic E-state index is 0.100. The van der Waals surface area contributed by atoms with Gasteiger partial charge >= 0.3 is 12.0 Å². The summed E-state index contributed by atoms with van der Waals surface area (Å²) in [4.78, 5) is 22.0. The number of hydrogen-bond donors (Lipinski definition) is 3. The van der Waals surface area contributed by atoms with E-state index in [4.69, 9.17) is 9.84 Å². The highest BCUT2D eigenvalue weighted by Crippen LogP contribution is 2.24. The molecule has 0 radical (unpaired) electrons. The highest BCUT2D eigenvalue weighted by atomic mass is 16.5. The number of carbonyl (C=O) groups is 2. The number of carbonyl (C=O) groups excluding carboxylic acids is 1. The zero-order valence-corrected chi connectivity index (χ0v) is 10.8. The Labute approximate surface area is 107 Å². The van der Waals surface area contributed by atoms with Crippen LogP contribution in [0.15, 0.2) is 0 Å². The number of rotatable bonds is 8. The van der Waals surface area contributed by atoms with Crippen molar-refractivity contribution in [3.05, 3.63) is 0 Å². The molecule has 18 heavy (non-hydrogen) atoms. The minimum atomic E-state index is -0.926. The van der Waals surface area contributed by atoms with Crippen molar-refractivity contribution in [2.45, 2.75) is 38.7 Å². The molecule has 0 aromatic heterocycles. The topological polar surface area (TPSA) is 87.7 Å². The molecule has 6 heteroatoms. The number of carboxylic acid groups (broad SMARTS) is 1. The van der Waals surface area contributed by atoms with Gasteiger partial charge in [-0.2, -0.15) is 0 Å². The minimum Gasteiger partial charge on any atom is -0.481 e. The predicted octanol–water partition coefficient (Wildman–Crippen LogP) is 0.965. The molecule has 1 atom stereocenters. The first-order valence-corrected chi connectivity index (χ1v) is 6.47. The quantitative estimate of drug-likeness (QED) is 0.605. The molecular formula is C12H22N2O4. The Hall–Kier alpha value is -1.30. The summed E-state index contributed by atoms with van der Waals surface area (Å²) in [5, 5.41) is 14.1. The van der Waals surface area contributed by atoms with E-state index in [1.807, 2.05) is 0 Å². The first-order chi connectivity index (χ1) is 8.61. The molecule has 1 aliphatic rings. The molecule has 1 rings (SSSR count). The number of carboxylic acids is 1. The molecule has 0 aromatic rings. The Morgan fingerprint density at radius 2 is 2.11 bits per heavy atom. The average molecular weight is 258 g/mol. The van der Waals surface area contributed by atoms with Gasteiger partial charge in [-0.15, -0.1) is 0 Å². The summed E-state index contributed by atoms with van der Waals surface area (Å²) < 4.78 is 5.24. The third kappa shape index (κ3) is 5.86. The number of amides is 2. The number of ether oxygens (including phenoxy) is 1. The van der Waals surface area contributed by atoms with E-state index in [0.717, 1.165) is 0 Å². The van der Waals surface area contributed by atoms with Gasteiger partial charge in [0.25, 0.3) is 0 Å². The average Bonchev–Trinajstić information content (AvgIpc) is 2.23. The van der Waals surface area contributed by atoms with E-state index >= 15 is 0 Å². The maximum atomic E-state index is 11.5. The fraction of sp³-hybridized carbons (Fsp3) is 0.833. The van der Waals surface area contributed by atoms with Crippen LogP contribution >= 0.6 is 0 Å². The van der Waals surface area contributed by atoms with Gasteiger partial charge < -0.3 is 20.5 Å². The second-order valence-electron chi connectivity index (χ2n) is 4.56. The van der Waals surface area contributed by atoms with Crippen LogP contribution in [-0.2, 0) is 9.53 Å². The number of hydrogen-bond acceptors (Lipinski definition) is 3. The molecule has 1 saturated carbocycles. The Morgan fingerprint density at radius 3 is 2.61 bits per heavy atom. The second-order valence-corrected chi connectivity index (χ2v) is 4.56. The van der Waals surface area contributed by atoms with Gasteiger partial charge in [0.2, 0.25) is 0 Å². The molecule has 6 nitrogen and oxygen atoms in total. The molecule has 0 aromatic carbocycles. The maximum absolute atomic E-state index is 11.5. The Bertz CT molecular complexity index is 279. The van der Waals surface area contributed by atoms with Crippen LogP contribution in [0.25, 0.3) is 0 Å². The standard InChI is InChI=1S/C12H22N2O4/c1-2-18-10(6-11(15)16)8-14-12(17)13-7-9-4-3-5-9/h9-10H,2-8H2,1H3,(H,15,16)(H2,13,14,17). The van der Waals surface area contributed by atoms with Crippen molar-refractivity contribution in [2.75, 3.05) is 19.7 Å². The van der Waals surface area contributed by atoms with Gasteiger partial charge in [0.1, 0.15) is 0 Å². The molecule has 1 unspecified atom stereocenters. The van der Waals surface area contributed by atoms with Crippen LogP contribution in [0.4, 0.5) is 4.79 Å². The van der Waals surface area contributed by atoms with Crippen molar-refractivity contribution >= 4 is 12.0 Å². The summed E-state index contributed by atoms with van der Waals surface area (Å²) in [5.74, 6) is -0.317.